The summed E-state index contributed by atoms with van der Waals surface area (Å²) in [4.78, 5) is 12.5. The summed E-state index contributed by atoms with van der Waals surface area (Å²) in [5, 5.41) is 0. The molecule has 2 aromatic carbocycles. The lowest BCUT2D eigenvalue weighted by Crippen LogP contribution is -2.13. The Kier molecular flexibility index (Phi) is 3.87. The molecule has 2 nitrogen and oxygen atoms in total. The van der Waals surface area contributed by atoms with Crippen molar-refractivity contribution in [1.29, 1.82) is 0 Å². The maximum atomic E-state index is 12.5. The van der Waals surface area contributed by atoms with Crippen molar-refractivity contribution in [3.05, 3.63) is 70.8 Å². The van der Waals surface area contributed by atoms with Gasteiger partial charge in [-0.25, -0.2) is 0 Å². The number of hydrogen-bond donors (Lipinski definition) is 0. The van der Waals surface area contributed by atoms with E-state index in [0.717, 1.165) is 40.9 Å². The van der Waals surface area contributed by atoms with Crippen LogP contribution in [0.3, 0.4) is 0 Å². The highest BCUT2D eigenvalue weighted by atomic mass is 16.5. The molecule has 1 aliphatic carbocycles. The second-order valence-electron chi connectivity index (χ2n) is 5.16. The molecule has 0 aromatic heterocycles. The lowest BCUT2D eigenvalue weighted by Gasteiger charge is -2.17. The number of allylic oxidation sites excluding steroid dienone is 1. The Bertz CT molecular complexity index is 681. The molecule has 0 unspecified atom stereocenters. The average Bonchev–Trinajstić information content (AvgIpc) is 2.52. The molecule has 0 radical (unpaired) electrons. The van der Waals surface area contributed by atoms with Crippen LogP contribution in [0.25, 0.3) is 6.08 Å². The second kappa shape index (κ2) is 5.96. The molecule has 1 aliphatic rings. The van der Waals surface area contributed by atoms with Crippen molar-refractivity contribution in [2.24, 2.45) is 0 Å². The van der Waals surface area contributed by atoms with Crippen LogP contribution in [0, 0.1) is 0 Å². The summed E-state index contributed by atoms with van der Waals surface area (Å²) in [7, 11) is 0. The predicted octanol–water partition coefficient (Wildman–Crippen LogP) is 4.30. The molecule has 0 heterocycles. The third-order valence-electron chi connectivity index (χ3n) is 3.75. The number of benzene rings is 2. The summed E-state index contributed by atoms with van der Waals surface area (Å²) in [6, 6.07) is 15.7. The number of carbonyl (C=O) groups excluding carboxylic acids is 1. The van der Waals surface area contributed by atoms with E-state index in [1.807, 2.05) is 61.5 Å². The topological polar surface area (TPSA) is 26.3 Å². The summed E-state index contributed by atoms with van der Waals surface area (Å²) >= 11 is 0. The molecule has 0 N–H and O–H groups in total. The largest absolute Gasteiger partial charge is 0.494 e. The zero-order valence-electron chi connectivity index (χ0n) is 12.1. The normalized spacial score (nSPS) is 15.9. The molecule has 0 fully saturated rings. The molecule has 106 valence electrons. The molecule has 0 spiro atoms. The van der Waals surface area contributed by atoms with Gasteiger partial charge in [-0.2, -0.15) is 0 Å². The minimum atomic E-state index is 0.158. The van der Waals surface area contributed by atoms with Crippen LogP contribution in [0.1, 0.15) is 34.8 Å². The van der Waals surface area contributed by atoms with Gasteiger partial charge in [0.25, 0.3) is 0 Å². The van der Waals surface area contributed by atoms with Gasteiger partial charge in [0, 0.05) is 11.1 Å². The summed E-state index contributed by atoms with van der Waals surface area (Å²) in [5.74, 6) is 1.02. The predicted molar refractivity (Wildman–Crippen MR) is 84.7 cm³/mol. The Labute approximate surface area is 125 Å². The molecule has 21 heavy (non-hydrogen) atoms. The van der Waals surface area contributed by atoms with Gasteiger partial charge in [-0.15, -0.1) is 0 Å². The minimum absolute atomic E-state index is 0.158. The molecular weight excluding hydrogens is 260 g/mol. The first kappa shape index (κ1) is 13.6. The van der Waals surface area contributed by atoms with E-state index in [9.17, 15) is 4.79 Å². The molecule has 3 rings (SSSR count). The summed E-state index contributed by atoms with van der Waals surface area (Å²) < 4.78 is 5.43. The van der Waals surface area contributed by atoms with Gasteiger partial charge in [0.1, 0.15) is 5.75 Å². The fraction of sp³-hybridized carbons (Fsp3) is 0.211. The van der Waals surface area contributed by atoms with E-state index in [1.165, 1.54) is 0 Å². The highest BCUT2D eigenvalue weighted by Crippen LogP contribution is 2.26. The number of aryl methyl sites for hydroxylation is 1. The molecule has 2 aromatic rings. The van der Waals surface area contributed by atoms with Crippen LogP contribution in [0.4, 0.5) is 0 Å². The minimum Gasteiger partial charge on any atom is -0.494 e. The highest BCUT2D eigenvalue weighted by molar-refractivity contribution is 6.13. The van der Waals surface area contributed by atoms with Crippen LogP contribution < -0.4 is 4.74 Å². The van der Waals surface area contributed by atoms with E-state index in [2.05, 4.69) is 0 Å². The van der Waals surface area contributed by atoms with Crippen molar-refractivity contribution in [1.82, 2.24) is 0 Å². The molecule has 0 amide bonds. The molecule has 0 bridgehead atoms. The summed E-state index contributed by atoms with van der Waals surface area (Å²) in [6.07, 6.45) is 3.74. The lowest BCUT2D eigenvalue weighted by molar-refractivity contribution is 0.102. The lowest BCUT2D eigenvalue weighted by atomic mass is 9.86. The van der Waals surface area contributed by atoms with Gasteiger partial charge >= 0.3 is 0 Å². The Morgan fingerprint density at radius 3 is 2.57 bits per heavy atom. The van der Waals surface area contributed by atoms with Crippen LogP contribution in [0.2, 0.25) is 0 Å². The van der Waals surface area contributed by atoms with Gasteiger partial charge in [-0.3, -0.25) is 4.79 Å². The number of ether oxygens (including phenoxy) is 1. The Hall–Kier alpha value is -2.35. The van der Waals surface area contributed by atoms with Crippen molar-refractivity contribution in [3.8, 4) is 5.75 Å². The smallest absolute Gasteiger partial charge is 0.189 e. The number of carbonyl (C=O) groups is 1. The standard InChI is InChI=1S/C19H18O2/c1-2-21-17-11-7-14(8-12-17)13-16-10-9-15-5-3-4-6-18(15)19(16)20/h3-8,11-13H,2,9-10H2,1H3/b16-13-. The van der Waals surface area contributed by atoms with Gasteiger partial charge in [-0.1, -0.05) is 36.4 Å². The molecule has 0 atom stereocenters. The Morgan fingerprint density at radius 2 is 1.81 bits per heavy atom. The van der Waals surface area contributed by atoms with Crippen molar-refractivity contribution in [3.63, 3.8) is 0 Å². The average molecular weight is 278 g/mol. The molecular formula is C19H18O2. The Balaban J connectivity index is 1.86. The first-order valence-electron chi connectivity index (χ1n) is 7.34. The quantitative estimate of drug-likeness (QED) is 0.782. The molecule has 0 saturated heterocycles. The number of rotatable bonds is 3. The van der Waals surface area contributed by atoms with Gasteiger partial charge < -0.3 is 4.74 Å². The van der Waals surface area contributed by atoms with Gasteiger partial charge in [0.15, 0.2) is 5.78 Å². The summed E-state index contributed by atoms with van der Waals surface area (Å²) in [5.41, 5.74) is 3.94. The van der Waals surface area contributed by atoms with Crippen LogP contribution in [-0.2, 0) is 6.42 Å². The van der Waals surface area contributed by atoms with Crippen LogP contribution in [0.15, 0.2) is 54.1 Å². The maximum Gasteiger partial charge on any atom is 0.189 e. The third-order valence-corrected chi connectivity index (χ3v) is 3.75. The van der Waals surface area contributed by atoms with Crippen LogP contribution >= 0.6 is 0 Å². The van der Waals surface area contributed by atoms with Crippen molar-refractivity contribution < 1.29 is 9.53 Å². The maximum absolute atomic E-state index is 12.5. The van der Waals surface area contributed by atoms with Crippen molar-refractivity contribution in [2.75, 3.05) is 6.61 Å². The molecule has 2 heteroatoms. The van der Waals surface area contributed by atoms with Crippen molar-refractivity contribution in [2.45, 2.75) is 19.8 Å². The monoisotopic (exact) mass is 278 g/mol. The zero-order valence-corrected chi connectivity index (χ0v) is 12.1. The van der Waals surface area contributed by atoms with Crippen LogP contribution in [-0.4, -0.2) is 12.4 Å². The molecule has 0 saturated carbocycles. The highest BCUT2D eigenvalue weighted by Gasteiger charge is 2.20. The summed E-state index contributed by atoms with van der Waals surface area (Å²) in [6.45, 7) is 2.63. The SMILES string of the molecule is CCOc1ccc(/C=C2/CCc3ccccc3C2=O)cc1. The number of hydrogen-bond acceptors (Lipinski definition) is 2. The zero-order chi connectivity index (χ0) is 14.7. The van der Waals surface area contributed by atoms with E-state index < -0.39 is 0 Å². The first-order valence-corrected chi connectivity index (χ1v) is 7.34. The van der Waals surface area contributed by atoms with E-state index in [4.69, 9.17) is 4.74 Å². The number of ketones is 1. The van der Waals surface area contributed by atoms with Gasteiger partial charge in [0.2, 0.25) is 0 Å². The number of fused-ring (bicyclic) bond motifs is 1. The first-order chi connectivity index (χ1) is 10.3. The molecule has 0 aliphatic heterocycles. The Morgan fingerprint density at radius 1 is 1.05 bits per heavy atom. The van der Waals surface area contributed by atoms with Crippen molar-refractivity contribution >= 4 is 11.9 Å². The van der Waals surface area contributed by atoms with Crippen LogP contribution in [0.5, 0.6) is 5.75 Å². The van der Waals surface area contributed by atoms with E-state index in [-0.39, 0.29) is 5.78 Å². The van der Waals surface area contributed by atoms with Gasteiger partial charge in [-0.05, 0) is 49.1 Å². The number of Topliss-reactive ketones (excluding diaryl/α,β-unsaturated/α-hetero) is 1. The second-order valence-corrected chi connectivity index (χ2v) is 5.16. The fourth-order valence-electron chi connectivity index (χ4n) is 2.68. The van der Waals surface area contributed by atoms with E-state index >= 15 is 0 Å². The third kappa shape index (κ3) is 2.89. The van der Waals surface area contributed by atoms with Gasteiger partial charge in [0.05, 0.1) is 6.61 Å². The fourth-order valence-corrected chi connectivity index (χ4v) is 2.68. The van der Waals surface area contributed by atoms with E-state index in [0.29, 0.717) is 6.61 Å². The van der Waals surface area contributed by atoms with E-state index in [1.54, 1.807) is 0 Å².